The molecule has 24 heavy (non-hydrogen) atoms. The smallest absolute Gasteiger partial charge is 0.148 e. The van der Waals surface area contributed by atoms with Crippen LogP contribution in [0, 0.1) is 0 Å². The molecule has 130 valence electrons. The van der Waals surface area contributed by atoms with Gasteiger partial charge in [0, 0.05) is 12.6 Å². The number of hydrogen-bond acceptors (Lipinski definition) is 2. The second-order valence-electron chi connectivity index (χ2n) is 6.36. The second kappa shape index (κ2) is 9.59. The maximum atomic E-state index is 5.83. The third kappa shape index (κ3) is 6.23. The molecule has 0 heterocycles. The third-order valence-electron chi connectivity index (χ3n) is 3.78. The van der Waals surface area contributed by atoms with E-state index in [1.165, 1.54) is 11.1 Å². The molecule has 0 amide bonds. The van der Waals surface area contributed by atoms with Gasteiger partial charge in [0.15, 0.2) is 0 Å². The summed E-state index contributed by atoms with van der Waals surface area (Å²) in [5, 5.41) is 3.60. The average molecular weight is 455 g/mol. The Labute approximate surface area is 162 Å². The number of benzene rings is 2. The van der Waals surface area contributed by atoms with E-state index in [2.05, 4.69) is 86.6 Å². The van der Waals surface area contributed by atoms with Gasteiger partial charge in [0.05, 0.1) is 15.0 Å². The lowest BCUT2D eigenvalue weighted by molar-refractivity contribution is 0.239. The Morgan fingerprint density at radius 3 is 2.17 bits per heavy atom. The molecular formula is C20H25Br2NO. The molecule has 0 spiro atoms. The van der Waals surface area contributed by atoms with Gasteiger partial charge < -0.3 is 10.1 Å². The standard InChI is InChI=1S/C20H25Br2NO/c1-14(2)24-20-18(21)11-17(12-19(20)22)13-23-15(3)9-10-16-7-5-4-6-8-16/h4-8,11-12,14-15,23H,9-10,13H2,1-3H3/t15-/m0/s1. The molecule has 0 radical (unpaired) electrons. The van der Waals surface area contributed by atoms with Crippen LogP contribution in [0.1, 0.15) is 38.3 Å². The molecule has 0 aliphatic carbocycles. The van der Waals surface area contributed by atoms with Crippen molar-refractivity contribution in [3.05, 3.63) is 62.5 Å². The van der Waals surface area contributed by atoms with Crippen molar-refractivity contribution in [3.8, 4) is 5.75 Å². The minimum Gasteiger partial charge on any atom is -0.489 e. The molecule has 1 atom stereocenters. The lowest BCUT2D eigenvalue weighted by Gasteiger charge is -2.17. The van der Waals surface area contributed by atoms with E-state index >= 15 is 0 Å². The van der Waals surface area contributed by atoms with Crippen LogP contribution in [0.5, 0.6) is 5.75 Å². The summed E-state index contributed by atoms with van der Waals surface area (Å²) in [5.74, 6) is 0.867. The SMILES string of the molecule is CC(C)Oc1c(Br)cc(CN[C@@H](C)CCc2ccccc2)cc1Br. The zero-order chi connectivity index (χ0) is 17.5. The Hall–Kier alpha value is -0.840. The monoisotopic (exact) mass is 453 g/mol. The molecule has 0 bridgehead atoms. The highest BCUT2D eigenvalue weighted by Gasteiger charge is 2.11. The number of aryl methyl sites for hydroxylation is 1. The van der Waals surface area contributed by atoms with E-state index in [1.54, 1.807) is 0 Å². The lowest BCUT2D eigenvalue weighted by atomic mass is 10.1. The highest BCUT2D eigenvalue weighted by Crippen LogP contribution is 2.35. The molecule has 0 aliphatic rings. The molecule has 0 saturated heterocycles. The van der Waals surface area contributed by atoms with E-state index < -0.39 is 0 Å². The van der Waals surface area contributed by atoms with E-state index in [1.807, 2.05) is 13.8 Å². The minimum atomic E-state index is 0.152. The van der Waals surface area contributed by atoms with Gasteiger partial charge in [-0.2, -0.15) is 0 Å². The average Bonchev–Trinajstić information content (AvgIpc) is 2.55. The third-order valence-corrected chi connectivity index (χ3v) is 4.95. The van der Waals surface area contributed by atoms with Gasteiger partial charge >= 0.3 is 0 Å². The number of nitrogens with one attached hydrogen (secondary N) is 1. The van der Waals surface area contributed by atoms with Gasteiger partial charge in [-0.05, 0) is 88.7 Å². The zero-order valence-electron chi connectivity index (χ0n) is 14.5. The van der Waals surface area contributed by atoms with Gasteiger partial charge in [-0.1, -0.05) is 30.3 Å². The first-order valence-electron chi connectivity index (χ1n) is 8.37. The van der Waals surface area contributed by atoms with Crippen molar-refractivity contribution in [2.45, 2.75) is 52.3 Å². The molecular weight excluding hydrogens is 430 g/mol. The van der Waals surface area contributed by atoms with Gasteiger partial charge in [-0.15, -0.1) is 0 Å². The Morgan fingerprint density at radius 1 is 0.958 bits per heavy atom. The molecule has 0 unspecified atom stereocenters. The van der Waals surface area contributed by atoms with Crippen molar-refractivity contribution in [2.75, 3.05) is 0 Å². The second-order valence-corrected chi connectivity index (χ2v) is 8.07. The van der Waals surface area contributed by atoms with Crippen LogP contribution in [0.3, 0.4) is 0 Å². The van der Waals surface area contributed by atoms with Crippen LogP contribution in [0.4, 0.5) is 0 Å². The molecule has 0 fully saturated rings. The van der Waals surface area contributed by atoms with Crippen molar-refractivity contribution < 1.29 is 4.74 Å². The number of hydrogen-bond donors (Lipinski definition) is 1. The molecule has 0 saturated carbocycles. The Kier molecular flexibility index (Phi) is 7.79. The van der Waals surface area contributed by atoms with Crippen LogP contribution < -0.4 is 10.1 Å². The first kappa shape index (κ1) is 19.5. The Bertz CT molecular complexity index is 620. The van der Waals surface area contributed by atoms with Gasteiger partial charge in [-0.3, -0.25) is 0 Å². The summed E-state index contributed by atoms with van der Waals surface area (Å²) in [6, 6.07) is 15.4. The van der Waals surface area contributed by atoms with Crippen molar-refractivity contribution in [3.63, 3.8) is 0 Å². The fourth-order valence-corrected chi connectivity index (χ4v) is 3.95. The van der Waals surface area contributed by atoms with Crippen molar-refractivity contribution >= 4 is 31.9 Å². The quantitative estimate of drug-likeness (QED) is 0.519. The van der Waals surface area contributed by atoms with E-state index in [0.717, 1.165) is 34.1 Å². The summed E-state index contributed by atoms with van der Waals surface area (Å²) >= 11 is 7.22. The van der Waals surface area contributed by atoms with Crippen molar-refractivity contribution in [1.29, 1.82) is 0 Å². The Morgan fingerprint density at radius 2 is 1.58 bits per heavy atom. The molecule has 1 N–H and O–H groups in total. The molecule has 2 nitrogen and oxygen atoms in total. The van der Waals surface area contributed by atoms with E-state index in [-0.39, 0.29) is 6.10 Å². The maximum Gasteiger partial charge on any atom is 0.148 e. The van der Waals surface area contributed by atoms with E-state index in [9.17, 15) is 0 Å². The predicted molar refractivity (Wildman–Crippen MR) is 109 cm³/mol. The molecule has 0 aromatic heterocycles. The maximum absolute atomic E-state index is 5.83. The van der Waals surface area contributed by atoms with Crippen LogP contribution in [0.2, 0.25) is 0 Å². The fourth-order valence-electron chi connectivity index (χ4n) is 2.48. The van der Waals surface area contributed by atoms with Gasteiger partial charge in [0.1, 0.15) is 5.75 Å². The predicted octanol–water partition coefficient (Wildman–Crippen LogP) is 6.11. The topological polar surface area (TPSA) is 21.3 Å². The summed E-state index contributed by atoms with van der Waals surface area (Å²) in [6.45, 7) is 7.14. The van der Waals surface area contributed by atoms with E-state index in [4.69, 9.17) is 4.74 Å². The summed E-state index contributed by atoms with van der Waals surface area (Å²) in [4.78, 5) is 0. The van der Waals surface area contributed by atoms with E-state index in [0.29, 0.717) is 6.04 Å². The molecule has 0 aliphatic heterocycles. The highest BCUT2D eigenvalue weighted by atomic mass is 79.9. The van der Waals surface area contributed by atoms with Crippen molar-refractivity contribution in [1.82, 2.24) is 5.32 Å². The molecule has 2 aromatic rings. The lowest BCUT2D eigenvalue weighted by Crippen LogP contribution is -2.26. The van der Waals surface area contributed by atoms with Crippen molar-refractivity contribution in [2.24, 2.45) is 0 Å². The minimum absolute atomic E-state index is 0.152. The van der Waals surface area contributed by atoms with Crippen LogP contribution in [0.15, 0.2) is 51.4 Å². The zero-order valence-corrected chi connectivity index (χ0v) is 17.7. The van der Waals surface area contributed by atoms with Crippen LogP contribution in [0.25, 0.3) is 0 Å². The van der Waals surface area contributed by atoms with Gasteiger partial charge in [-0.25, -0.2) is 0 Å². The molecule has 2 aromatic carbocycles. The molecule has 2 rings (SSSR count). The van der Waals surface area contributed by atoms with Gasteiger partial charge in [0.25, 0.3) is 0 Å². The summed E-state index contributed by atoms with van der Waals surface area (Å²) in [5.41, 5.74) is 2.63. The summed E-state index contributed by atoms with van der Waals surface area (Å²) < 4.78 is 7.80. The van der Waals surface area contributed by atoms with Crippen LogP contribution >= 0.6 is 31.9 Å². The largest absolute Gasteiger partial charge is 0.489 e. The van der Waals surface area contributed by atoms with Gasteiger partial charge in [0.2, 0.25) is 0 Å². The molecule has 4 heteroatoms. The summed E-state index contributed by atoms with van der Waals surface area (Å²) in [7, 11) is 0. The van der Waals surface area contributed by atoms with Crippen LogP contribution in [-0.4, -0.2) is 12.1 Å². The normalized spacial score (nSPS) is 12.4. The Balaban J connectivity index is 1.87. The van der Waals surface area contributed by atoms with Crippen LogP contribution in [-0.2, 0) is 13.0 Å². The number of ether oxygens (including phenoxy) is 1. The highest BCUT2D eigenvalue weighted by molar-refractivity contribution is 9.11. The first-order chi connectivity index (χ1) is 11.5. The summed E-state index contributed by atoms with van der Waals surface area (Å²) in [6.07, 6.45) is 2.38. The fraction of sp³-hybridized carbons (Fsp3) is 0.400. The first-order valence-corrected chi connectivity index (χ1v) is 9.96. The number of rotatable bonds is 8. The number of halogens is 2.